The van der Waals surface area contributed by atoms with Crippen LogP contribution in [0.1, 0.15) is 157 Å². The first kappa shape index (κ1) is 27.6. The summed E-state index contributed by atoms with van der Waals surface area (Å²) < 4.78 is 0. The van der Waals surface area contributed by atoms with Gasteiger partial charge in [0.15, 0.2) is 0 Å². The summed E-state index contributed by atoms with van der Waals surface area (Å²) in [5, 5.41) is 0. The van der Waals surface area contributed by atoms with Crippen LogP contribution in [-0.4, -0.2) is 0 Å². The van der Waals surface area contributed by atoms with Gasteiger partial charge in [0.25, 0.3) is 0 Å². The molecule has 0 aromatic heterocycles. The quantitative estimate of drug-likeness (QED) is 0.384. The fourth-order valence-corrected chi connectivity index (χ4v) is 9.21. The number of rotatable bonds is 5. The molecule has 0 spiro atoms. The van der Waals surface area contributed by atoms with Crippen molar-refractivity contribution < 1.29 is 0 Å². The number of fused-ring (bicyclic) bond motifs is 1. The van der Waals surface area contributed by atoms with E-state index >= 15 is 0 Å². The van der Waals surface area contributed by atoms with Crippen LogP contribution >= 0.6 is 0 Å². The van der Waals surface area contributed by atoms with Crippen LogP contribution < -0.4 is 0 Å². The molecule has 0 amide bonds. The van der Waals surface area contributed by atoms with E-state index in [1.807, 2.05) is 0 Å². The number of unbranched alkanes of at least 4 members (excludes halogenated alkanes) is 1. The molecule has 0 aliphatic heterocycles. The number of hydrogen-bond acceptors (Lipinski definition) is 0. The maximum absolute atomic E-state index is 2.64. The second-order valence-electron chi connectivity index (χ2n) is 13.5. The molecule has 0 saturated heterocycles. The molecule has 33 heavy (non-hydrogen) atoms. The Kier molecular flexibility index (Phi) is 12.1. The Morgan fingerprint density at radius 3 is 1.85 bits per heavy atom. The van der Waals surface area contributed by atoms with Gasteiger partial charge in [0.05, 0.1) is 0 Å². The molecule has 4 rings (SSSR count). The van der Waals surface area contributed by atoms with Crippen molar-refractivity contribution in [3.05, 3.63) is 0 Å². The lowest BCUT2D eigenvalue weighted by molar-refractivity contribution is -0.0130. The molecule has 0 aromatic rings. The minimum absolute atomic E-state index is 0.999. The van der Waals surface area contributed by atoms with Crippen LogP contribution in [0.2, 0.25) is 0 Å². The SMILES string of the molecule is CC1CCC(C)C1.CCCCC1C(C)CC2CCCC2C1C1CCCCCCCCC1CC. The molecule has 4 fully saturated rings. The van der Waals surface area contributed by atoms with E-state index in [4.69, 9.17) is 0 Å². The van der Waals surface area contributed by atoms with Gasteiger partial charge in [0, 0.05) is 0 Å². The molecule has 4 aliphatic carbocycles. The van der Waals surface area contributed by atoms with Crippen LogP contribution in [0.25, 0.3) is 0 Å². The van der Waals surface area contributed by atoms with Gasteiger partial charge in [0.1, 0.15) is 0 Å². The van der Waals surface area contributed by atoms with Crippen molar-refractivity contribution in [2.75, 3.05) is 0 Å². The minimum atomic E-state index is 0.999. The Hall–Kier alpha value is 0. The van der Waals surface area contributed by atoms with Crippen molar-refractivity contribution >= 4 is 0 Å². The lowest BCUT2D eigenvalue weighted by Gasteiger charge is -2.50. The largest absolute Gasteiger partial charge is 0.0654 e. The van der Waals surface area contributed by atoms with E-state index in [2.05, 4.69) is 34.6 Å². The number of hydrogen-bond donors (Lipinski definition) is 0. The maximum atomic E-state index is 2.64. The summed E-state index contributed by atoms with van der Waals surface area (Å²) in [6.45, 7) is 12.3. The topological polar surface area (TPSA) is 0 Å². The van der Waals surface area contributed by atoms with Crippen molar-refractivity contribution in [2.45, 2.75) is 157 Å². The Balaban J connectivity index is 0.000000374. The normalized spacial score (nSPS) is 42.3. The zero-order chi connectivity index (χ0) is 23.6. The van der Waals surface area contributed by atoms with Gasteiger partial charge in [-0.1, -0.05) is 125 Å². The molecule has 0 aromatic carbocycles. The molecule has 0 N–H and O–H groups in total. The fraction of sp³-hybridized carbons (Fsp3) is 1.00. The van der Waals surface area contributed by atoms with E-state index in [1.165, 1.54) is 77.0 Å². The molecule has 0 bridgehead atoms. The lowest BCUT2D eigenvalue weighted by atomic mass is 9.55. The molecule has 0 heteroatoms. The van der Waals surface area contributed by atoms with Crippen LogP contribution in [0.4, 0.5) is 0 Å². The summed E-state index contributed by atoms with van der Waals surface area (Å²) in [6, 6.07) is 0. The first-order valence-electron chi connectivity index (χ1n) is 16.0. The van der Waals surface area contributed by atoms with Gasteiger partial charge < -0.3 is 0 Å². The van der Waals surface area contributed by atoms with Gasteiger partial charge in [-0.15, -0.1) is 0 Å². The standard InChI is InChI=1S/C26H48.C7H14/c1-4-6-16-23-20(3)19-22-15-13-18-25(22)26(23)24-17-12-10-8-7-9-11-14-21(24)5-2;1-6-3-4-7(2)5-6/h20-26H,4-19H2,1-3H3;6-7H,3-5H2,1-2H3. The van der Waals surface area contributed by atoms with E-state index in [0.717, 1.165) is 53.3 Å². The highest BCUT2D eigenvalue weighted by Gasteiger charge is 2.48. The second-order valence-corrected chi connectivity index (χ2v) is 13.5. The molecule has 4 saturated carbocycles. The fourth-order valence-electron chi connectivity index (χ4n) is 9.21. The van der Waals surface area contributed by atoms with Gasteiger partial charge in [-0.05, 0) is 85.4 Å². The predicted octanol–water partition coefficient (Wildman–Crippen LogP) is 11.1. The molecular formula is C33H62. The third-order valence-corrected chi connectivity index (χ3v) is 10.9. The van der Waals surface area contributed by atoms with Crippen molar-refractivity contribution in [3.8, 4) is 0 Å². The molecule has 0 radical (unpaired) electrons. The Morgan fingerprint density at radius 2 is 1.24 bits per heavy atom. The van der Waals surface area contributed by atoms with Crippen LogP contribution in [-0.2, 0) is 0 Å². The first-order valence-corrected chi connectivity index (χ1v) is 16.0. The zero-order valence-electron chi connectivity index (χ0n) is 23.6. The van der Waals surface area contributed by atoms with E-state index < -0.39 is 0 Å². The molecule has 0 heterocycles. The van der Waals surface area contributed by atoms with Crippen molar-refractivity contribution in [3.63, 3.8) is 0 Å². The predicted molar refractivity (Wildman–Crippen MR) is 148 cm³/mol. The van der Waals surface area contributed by atoms with E-state index in [-0.39, 0.29) is 0 Å². The average Bonchev–Trinajstić information content (AvgIpc) is 3.43. The molecular weight excluding hydrogens is 396 g/mol. The van der Waals surface area contributed by atoms with Gasteiger partial charge in [0.2, 0.25) is 0 Å². The van der Waals surface area contributed by atoms with Crippen molar-refractivity contribution in [1.29, 1.82) is 0 Å². The summed E-state index contributed by atoms with van der Waals surface area (Å²) in [4.78, 5) is 0. The highest BCUT2D eigenvalue weighted by molar-refractivity contribution is 4.97. The van der Waals surface area contributed by atoms with Gasteiger partial charge in [-0.3, -0.25) is 0 Å². The minimum Gasteiger partial charge on any atom is -0.0654 e. The summed E-state index contributed by atoms with van der Waals surface area (Å²) in [5.41, 5.74) is 0. The van der Waals surface area contributed by atoms with Gasteiger partial charge in [-0.2, -0.15) is 0 Å². The highest BCUT2D eigenvalue weighted by atomic mass is 14.5. The van der Waals surface area contributed by atoms with Crippen LogP contribution in [0.5, 0.6) is 0 Å². The Morgan fingerprint density at radius 1 is 0.606 bits per heavy atom. The molecule has 4 aliphatic rings. The highest BCUT2D eigenvalue weighted by Crippen LogP contribution is 2.56. The van der Waals surface area contributed by atoms with E-state index in [1.54, 1.807) is 44.9 Å². The Labute approximate surface area is 209 Å². The van der Waals surface area contributed by atoms with E-state index in [9.17, 15) is 0 Å². The summed E-state index contributed by atoms with van der Waals surface area (Å²) in [7, 11) is 0. The maximum Gasteiger partial charge on any atom is -0.0321 e. The smallest absolute Gasteiger partial charge is 0.0321 e. The zero-order valence-corrected chi connectivity index (χ0v) is 23.6. The monoisotopic (exact) mass is 458 g/mol. The van der Waals surface area contributed by atoms with Crippen molar-refractivity contribution in [1.82, 2.24) is 0 Å². The lowest BCUT2D eigenvalue weighted by Crippen LogP contribution is -2.43. The average molecular weight is 459 g/mol. The third kappa shape index (κ3) is 8.00. The molecule has 9 atom stereocenters. The molecule has 194 valence electrons. The summed E-state index contributed by atoms with van der Waals surface area (Å²) in [5.74, 6) is 9.49. The van der Waals surface area contributed by atoms with Crippen LogP contribution in [0.3, 0.4) is 0 Å². The Bertz CT molecular complexity index is 500. The van der Waals surface area contributed by atoms with Crippen LogP contribution in [0.15, 0.2) is 0 Å². The van der Waals surface area contributed by atoms with Gasteiger partial charge in [-0.25, -0.2) is 0 Å². The third-order valence-electron chi connectivity index (χ3n) is 10.9. The summed E-state index contributed by atoms with van der Waals surface area (Å²) >= 11 is 0. The molecule has 0 nitrogen and oxygen atoms in total. The molecule has 9 unspecified atom stereocenters. The second kappa shape index (κ2) is 14.5. The summed E-state index contributed by atoms with van der Waals surface area (Å²) in [6.07, 6.45) is 28.8. The van der Waals surface area contributed by atoms with Crippen molar-refractivity contribution in [2.24, 2.45) is 53.3 Å². The van der Waals surface area contributed by atoms with Gasteiger partial charge >= 0.3 is 0 Å². The first-order chi connectivity index (χ1) is 16.0. The van der Waals surface area contributed by atoms with Crippen LogP contribution in [0, 0.1) is 53.3 Å². The van der Waals surface area contributed by atoms with E-state index in [0.29, 0.717) is 0 Å².